The van der Waals surface area contributed by atoms with Gasteiger partial charge in [0, 0.05) is 19.3 Å². The zero-order valence-electron chi connectivity index (χ0n) is 14.5. The van der Waals surface area contributed by atoms with Crippen molar-refractivity contribution in [2.45, 2.75) is 31.1 Å². The lowest BCUT2D eigenvalue weighted by molar-refractivity contribution is 0.679. The maximum atomic E-state index is 4.65. The van der Waals surface area contributed by atoms with Crippen LogP contribution in [0.2, 0.25) is 0 Å². The molecule has 25 heavy (non-hydrogen) atoms. The third-order valence-corrected chi connectivity index (χ3v) is 5.71. The minimum Gasteiger partial charge on any atom is -0.310 e. The van der Waals surface area contributed by atoms with E-state index in [0.29, 0.717) is 0 Å². The van der Waals surface area contributed by atoms with E-state index in [0.717, 1.165) is 44.0 Å². The fraction of sp³-hybridized carbons (Fsp3) is 0.333. The number of aryl methyl sites for hydroxylation is 1. The molecular weight excluding hydrogens is 308 g/mol. The summed E-state index contributed by atoms with van der Waals surface area (Å²) in [6, 6.07) is 19.4. The Morgan fingerprint density at radius 3 is 2.48 bits per heavy atom. The van der Waals surface area contributed by atoms with Gasteiger partial charge in [-0.25, -0.2) is 0 Å². The molecule has 0 amide bonds. The van der Waals surface area contributed by atoms with Crippen LogP contribution in [0.3, 0.4) is 0 Å². The van der Waals surface area contributed by atoms with Crippen LogP contribution in [-0.2, 0) is 18.9 Å². The fourth-order valence-electron chi connectivity index (χ4n) is 4.24. The van der Waals surface area contributed by atoms with Crippen molar-refractivity contribution in [2.75, 3.05) is 11.4 Å². The SMILES string of the molecule is Cn1c(N2CCCc3ccccc32)nnc1C1(c2ccccc2)CC1. The predicted octanol–water partition coefficient (Wildman–Crippen LogP) is 3.98. The fourth-order valence-corrected chi connectivity index (χ4v) is 4.24. The molecule has 0 N–H and O–H groups in total. The van der Waals surface area contributed by atoms with Crippen LogP contribution in [0.1, 0.15) is 36.2 Å². The Morgan fingerprint density at radius 2 is 1.68 bits per heavy atom. The van der Waals surface area contributed by atoms with E-state index in [9.17, 15) is 0 Å². The first-order chi connectivity index (χ1) is 12.3. The second kappa shape index (κ2) is 5.45. The van der Waals surface area contributed by atoms with Crippen LogP contribution in [0.4, 0.5) is 11.6 Å². The highest BCUT2D eigenvalue weighted by atomic mass is 15.4. The molecule has 1 fully saturated rings. The lowest BCUT2D eigenvalue weighted by atomic mass is 9.95. The van der Waals surface area contributed by atoms with Crippen molar-refractivity contribution < 1.29 is 0 Å². The lowest BCUT2D eigenvalue weighted by Gasteiger charge is -2.30. The van der Waals surface area contributed by atoms with Gasteiger partial charge in [-0.3, -0.25) is 4.57 Å². The summed E-state index contributed by atoms with van der Waals surface area (Å²) in [7, 11) is 2.12. The molecule has 0 spiro atoms. The van der Waals surface area contributed by atoms with Crippen molar-refractivity contribution in [1.29, 1.82) is 0 Å². The first-order valence-corrected chi connectivity index (χ1v) is 9.10. The summed E-state index contributed by atoms with van der Waals surface area (Å²) >= 11 is 0. The van der Waals surface area contributed by atoms with Crippen molar-refractivity contribution in [3.63, 3.8) is 0 Å². The molecule has 126 valence electrons. The molecule has 2 aliphatic rings. The Hall–Kier alpha value is -2.62. The molecule has 5 rings (SSSR count). The van der Waals surface area contributed by atoms with Gasteiger partial charge < -0.3 is 4.90 Å². The highest BCUT2D eigenvalue weighted by molar-refractivity contribution is 5.64. The van der Waals surface area contributed by atoms with Gasteiger partial charge in [0.1, 0.15) is 5.82 Å². The molecule has 0 atom stereocenters. The van der Waals surface area contributed by atoms with E-state index in [2.05, 4.69) is 81.3 Å². The quantitative estimate of drug-likeness (QED) is 0.728. The molecule has 0 radical (unpaired) electrons. The second-order valence-corrected chi connectivity index (χ2v) is 7.21. The van der Waals surface area contributed by atoms with E-state index in [-0.39, 0.29) is 5.41 Å². The average molecular weight is 330 g/mol. The summed E-state index contributed by atoms with van der Waals surface area (Å²) in [5.74, 6) is 2.06. The van der Waals surface area contributed by atoms with Crippen LogP contribution >= 0.6 is 0 Å². The van der Waals surface area contributed by atoms with Crippen molar-refractivity contribution in [2.24, 2.45) is 7.05 Å². The average Bonchev–Trinajstić information content (AvgIpc) is 3.39. The molecule has 4 heteroatoms. The van der Waals surface area contributed by atoms with Crippen LogP contribution in [-0.4, -0.2) is 21.3 Å². The minimum atomic E-state index is 0.0521. The van der Waals surface area contributed by atoms with Crippen molar-refractivity contribution in [3.8, 4) is 0 Å². The molecule has 1 aromatic heterocycles. The second-order valence-electron chi connectivity index (χ2n) is 7.21. The zero-order chi connectivity index (χ0) is 16.9. The zero-order valence-corrected chi connectivity index (χ0v) is 14.5. The molecular formula is C21H22N4. The molecule has 0 bridgehead atoms. The van der Waals surface area contributed by atoms with Gasteiger partial charge in [0.15, 0.2) is 0 Å². The van der Waals surface area contributed by atoms with E-state index >= 15 is 0 Å². The van der Waals surface area contributed by atoms with Crippen molar-refractivity contribution >= 4 is 11.6 Å². The number of aromatic nitrogens is 3. The van der Waals surface area contributed by atoms with Gasteiger partial charge in [-0.1, -0.05) is 48.5 Å². The van der Waals surface area contributed by atoms with Crippen molar-refractivity contribution in [3.05, 3.63) is 71.5 Å². The highest BCUT2D eigenvalue weighted by Crippen LogP contribution is 2.53. The van der Waals surface area contributed by atoms with Crippen LogP contribution in [0.15, 0.2) is 54.6 Å². The van der Waals surface area contributed by atoms with Crippen LogP contribution in [0, 0.1) is 0 Å². The molecule has 2 heterocycles. The molecule has 4 nitrogen and oxygen atoms in total. The third kappa shape index (κ3) is 2.20. The molecule has 1 aliphatic heterocycles. The Kier molecular flexibility index (Phi) is 3.20. The maximum Gasteiger partial charge on any atom is 0.231 e. The highest BCUT2D eigenvalue weighted by Gasteiger charge is 2.50. The predicted molar refractivity (Wildman–Crippen MR) is 99.2 cm³/mol. The minimum absolute atomic E-state index is 0.0521. The largest absolute Gasteiger partial charge is 0.310 e. The molecule has 0 unspecified atom stereocenters. The van der Waals surface area contributed by atoms with E-state index < -0.39 is 0 Å². The van der Waals surface area contributed by atoms with E-state index in [4.69, 9.17) is 0 Å². The van der Waals surface area contributed by atoms with Gasteiger partial charge in [0.2, 0.25) is 5.95 Å². The number of anilines is 2. The summed E-state index contributed by atoms with van der Waals surface area (Å²) < 4.78 is 2.21. The summed E-state index contributed by atoms with van der Waals surface area (Å²) in [4.78, 5) is 2.33. The Labute approximate surface area is 148 Å². The first-order valence-electron chi connectivity index (χ1n) is 9.10. The van der Waals surface area contributed by atoms with Crippen molar-refractivity contribution in [1.82, 2.24) is 14.8 Å². The van der Waals surface area contributed by atoms with E-state index in [1.165, 1.54) is 16.8 Å². The number of rotatable bonds is 3. The number of benzene rings is 2. The van der Waals surface area contributed by atoms with E-state index in [1.807, 2.05) is 0 Å². The Balaban J connectivity index is 1.57. The number of hydrogen-bond donors (Lipinski definition) is 0. The summed E-state index contributed by atoms with van der Waals surface area (Å²) in [5.41, 5.74) is 4.09. The number of nitrogens with zero attached hydrogens (tertiary/aromatic N) is 4. The standard InChI is InChI=1S/C21H22N4/c1-24-19(21(13-14-21)17-10-3-2-4-11-17)22-23-20(24)25-15-7-9-16-8-5-6-12-18(16)25/h2-6,8,10-12H,7,9,13-15H2,1H3. The van der Waals surface area contributed by atoms with Crippen LogP contribution in [0.5, 0.6) is 0 Å². The molecule has 3 aromatic rings. The number of para-hydroxylation sites is 1. The summed E-state index contributed by atoms with van der Waals surface area (Å²) in [6.07, 6.45) is 4.60. The maximum absolute atomic E-state index is 4.65. The summed E-state index contributed by atoms with van der Waals surface area (Å²) in [5, 5.41) is 9.25. The molecule has 1 saturated carbocycles. The van der Waals surface area contributed by atoms with Crippen LogP contribution in [0.25, 0.3) is 0 Å². The van der Waals surface area contributed by atoms with Gasteiger partial charge in [0.05, 0.1) is 5.41 Å². The molecule has 0 saturated heterocycles. The Morgan fingerprint density at radius 1 is 0.920 bits per heavy atom. The topological polar surface area (TPSA) is 34.0 Å². The van der Waals surface area contributed by atoms with Gasteiger partial charge in [-0.2, -0.15) is 0 Å². The number of hydrogen-bond acceptors (Lipinski definition) is 3. The van der Waals surface area contributed by atoms with Gasteiger partial charge >= 0.3 is 0 Å². The van der Waals surface area contributed by atoms with Crippen LogP contribution < -0.4 is 4.90 Å². The lowest BCUT2D eigenvalue weighted by Crippen LogP contribution is -2.27. The first kappa shape index (κ1) is 14.7. The normalized spacial score (nSPS) is 18.0. The monoisotopic (exact) mass is 330 g/mol. The molecule has 1 aliphatic carbocycles. The third-order valence-electron chi connectivity index (χ3n) is 5.71. The van der Waals surface area contributed by atoms with Gasteiger partial charge in [-0.15, -0.1) is 10.2 Å². The molecule has 2 aromatic carbocycles. The smallest absolute Gasteiger partial charge is 0.231 e. The number of fused-ring (bicyclic) bond motifs is 1. The Bertz CT molecular complexity index is 909. The van der Waals surface area contributed by atoms with Gasteiger partial charge in [0.25, 0.3) is 0 Å². The van der Waals surface area contributed by atoms with E-state index in [1.54, 1.807) is 0 Å². The summed E-state index contributed by atoms with van der Waals surface area (Å²) in [6.45, 7) is 1.00. The van der Waals surface area contributed by atoms with Gasteiger partial charge in [-0.05, 0) is 42.9 Å².